The van der Waals surface area contributed by atoms with E-state index in [1.165, 1.54) is 6.92 Å². The molecule has 0 saturated carbocycles. The Morgan fingerprint density at radius 3 is 2.90 bits per heavy atom. The first-order valence-corrected chi connectivity index (χ1v) is 10.2. The summed E-state index contributed by atoms with van der Waals surface area (Å²) in [5.41, 5.74) is -0.142. The Balaban J connectivity index is 1.58. The van der Waals surface area contributed by atoms with Gasteiger partial charge in [0.05, 0.1) is 17.4 Å². The van der Waals surface area contributed by atoms with E-state index in [2.05, 4.69) is 4.90 Å². The lowest BCUT2D eigenvalue weighted by Gasteiger charge is -2.61. The van der Waals surface area contributed by atoms with Crippen LogP contribution in [0.2, 0.25) is 0 Å². The first-order chi connectivity index (χ1) is 14.2. The second kappa shape index (κ2) is 6.29. The second-order valence-corrected chi connectivity index (χ2v) is 8.91. The molecular formula is C22H25NO7. The summed E-state index contributed by atoms with van der Waals surface area (Å²) < 4.78 is 11.7. The van der Waals surface area contributed by atoms with E-state index < -0.39 is 41.4 Å². The minimum Gasteiger partial charge on any atom is -0.504 e. The Bertz CT molecular complexity index is 988. The number of aliphatic hydroxyl groups is 2. The number of aromatic hydroxyl groups is 1. The molecule has 1 fully saturated rings. The number of Topliss-reactive ketones (excluding diaryl/α,β-unsaturated/α-hetero) is 1. The lowest BCUT2D eigenvalue weighted by atomic mass is 9.50. The van der Waals surface area contributed by atoms with Crippen LogP contribution in [0.15, 0.2) is 24.0 Å². The SMILES string of the molecule is CC(=O)[C@@H](O)CC(=O)OC1=CC[C@@]2(O)[C@H]3Cc4ccc(O)c5c4[C@@]2(CCN3C)[C@H]1O5. The molecule has 2 aliphatic carbocycles. The minimum atomic E-state index is -1.42. The number of aliphatic hydroxyl groups excluding tert-OH is 1. The van der Waals surface area contributed by atoms with Crippen molar-refractivity contribution in [3.63, 3.8) is 0 Å². The molecule has 0 unspecified atom stereocenters. The van der Waals surface area contributed by atoms with Crippen molar-refractivity contribution < 1.29 is 34.4 Å². The van der Waals surface area contributed by atoms with E-state index in [9.17, 15) is 24.9 Å². The standard InChI is InChI=1S/C22H25NO7/c1-11(24)14(26)10-17(27)29-15-5-6-22(28)16-9-12-3-4-13(25)19-18(12)21(22,20(15)30-19)7-8-23(16)2/h3-5,14,16,20,25-26,28H,6-10H2,1-2H3/t14-,16+,20-,21-,22+/m0/s1. The van der Waals surface area contributed by atoms with Crippen molar-refractivity contribution in [1.82, 2.24) is 4.90 Å². The molecule has 0 radical (unpaired) electrons. The van der Waals surface area contributed by atoms with Gasteiger partial charge in [-0.25, -0.2) is 0 Å². The molecule has 5 rings (SSSR count). The van der Waals surface area contributed by atoms with Crippen LogP contribution in [0.5, 0.6) is 11.5 Å². The predicted molar refractivity (Wildman–Crippen MR) is 104 cm³/mol. The van der Waals surface area contributed by atoms with Crippen molar-refractivity contribution in [2.24, 2.45) is 0 Å². The zero-order valence-corrected chi connectivity index (χ0v) is 16.9. The van der Waals surface area contributed by atoms with Gasteiger partial charge in [-0.3, -0.25) is 9.59 Å². The molecule has 30 heavy (non-hydrogen) atoms. The molecule has 3 N–H and O–H groups in total. The van der Waals surface area contributed by atoms with Gasteiger partial charge in [0.1, 0.15) is 11.9 Å². The highest BCUT2D eigenvalue weighted by molar-refractivity contribution is 5.85. The summed E-state index contributed by atoms with van der Waals surface area (Å²) >= 11 is 0. The molecule has 1 spiro atoms. The van der Waals surface area contributed by atoms with Crippen LogP contribution < -0.4 is 4.74 Å². The van der Waals surface area contributed by atoms with Gasteiger partial charge in [0.25, 0.3) is 0 Å². The average Bonchev–Trinajstić information content (AvgIpc) is 3.04. The van der Waals surface area contributed by atoms with E-state index in [1.807, 2.05) is 13.1 Å². The number of esters is 1. The lowest BCUT2D eigenvalue weighted by Crippen LogP contribution is -2.74. The maximum atomic E-state index is 12.4. The molecule has 8 nitrogen and oxygen atoms in total. The topological polar surface area (TPSA) is 117 Å². The van der Waals surface area contributed by atoms with Crippen LogP contribution in [-0.2, 0) is 26.2 Å². The molecule has 0 aromatic heterocycles. The van der Waals surface area contributed by atoms with Crippen LogP contribution in [0.4, 0.5) is 0 Å². The van der Waals surface area contributed by atoms with Crippen molar-refractivity contribution in [3.05, 3.63) is 35.1 Å². The van der Waals surface area contributed by atoms with E-state index in [0.29, 0.717) is 18.6 Å². The van der Waals surface area contributed by atoms with E-state index in [-0.39, 0.29) is 24.0 Å². The van der Waals surface area contributed by atoms with Gasteiger partial charge in [-0.15, -0.1) is 0 Å². The largest absolute Gasteiger partial charge is 0.504 e. The van der Waals surface area contributed by atoms with Crippen LogP contribution in [0.3, 0.4) is 0 Å². The number of carbonyl (C=O) groups is 2. The first kappa shape index (κ1) is 19.5. The summed E-state index contributed by atoms with van der Waals surface area (Å²) in [7, 11) is 2.00. The number of likely N-dealkylation sites (tertiary alicyclic amines) is 1. The number of likely N-dealkylation sites (N-methyl/N-ethyl adjacent to an activating group) is 1. The molecule has 2 aliphatic heterocycles. The summed E-state index contributed by atoms with van der Waals surface area (Å²) in [4.78, 5) is 25.8. The number of hydrogen-bond donors (Lipinski definition) is 3. The van der Waals surface area contributed by atoms with E-state index in [0.717, 1.165) is 17.7 Å². The van der Waals surface area contributed by atoms with Crippen LogP contribution in [0.1, 0.15) is 37.3 Å². The number of rotatable bonds is 4. The second-order valence-electron chi connectivity index (χ2n) is 8.91. The summed E-state index contributed by atoms with van der Waals surface area (Å²) in [5.74, 6) is -0.661. The highest BCUT2D eigenvalue weighted by Crippen LogP contribution is 2.65. The monoisotopic (exact) mass is 415 g/mol. The fraction of sp³-hybridized carbons (Fsp3) is 0.545. The Labute approximate surface area is 173 Å². The quantitative estimate of drug-likeness (QED) is 0.611. The molecule has 1 saturated heterocycles. The Hall–Kier alpha value is -2.42. The summed E-state index contributed by atoms with van der Waals surface area (Å²) in [5, 5.41) is 32.2. The van der Waals surface area contributed by atoms with Gasteiger partial charge >= 0.3 is 5.97 Å². The van der Waals surface area contributed by atoms with Crippen molar-refractivity contribution in [1.29, 1.82) is 0 Å². The van der Waals surface area contributed by atoms with Gasteiger partial charge in [-0.05, 0) is 51.1 Å². The molecule has 160 valence electrons. The molecule has 5 atom stereocenters. The van der Waals surface area contributed by atoms with Gasteiger partial charge in [-0.2, -0.15) is 0 Å². The molecule has 4 aliphatic rings. The zero-order chi connectivity index (χ0) is 21.4. The van der Waals surface area contributed by atoms with Crippen molar-refractivity contribution in [2.45, 2.75) is 61.9 Å². The third-order valence-electron chi connectivity index (χ3n) is 7.41. The van der Waals surface area contributed by atoms with Gasteiger partial charge in [0, 0.05) is 18.0 Å². The van der Waals surface area contributed by atoms with Crippen LogP contribution >= 0.6 is 0 Å². The predicted octanol–water partition coefficient (Wildman–Crippen LogP) is 0.553. The summed E-state index contributed by atoms with van der Waals surface area (Å²) in [6, 6.07) is 3.34. The average molecular weight is 415 g/mol. The third-order valence-corrected chi connectivity index (χ3v) is 7.41. The molecule has 1 aromatic carbocycles. The Morgan fingerprint density at radius 1 is 1.40 bits per heavy atom. The van der Waals surface area contributed by atoms with Crippen molar-refractivity contribution >= 4 is 11.8 Å². The van der Waals surface area contributed by atoms with Gasteiger partial charge in [0.15, 0.2) is 23.4 Å². The highest BCUT2D eigenvalue weighted by atomic mass is 16.6. The number of phenols is 1. The number of benzene rings is 1. The lowest BCUT2D eigenvalue weighted by molar-refractivity contribution is -0.170. The fourth-order valence-electron chi connectivity index (χ4n) is 5.91. The van der Waals surface area contributed by atoms with Crippen LogP contribution in [-0.4, -0.2) is 69.4 Å². The molecule has 0 amide bonds. The fourth-order valence-corrected chi connectivity index (χ4v) is 5.91. The van der Waals surface area contributed by atoms with E-state index in [4.69, 9.17) is 9.47 Å². The number of hydrogen-bond acceptors (Lipinski definition) is 8. The third kappa shape index (κ3) is 2.32. The minimum absolute atomic E-state index is 0.00469. The Morgan fingerprint density at radius 2 is 2.17 bits per heavy atom. The smallest absolute Gasteiger partial charge is 0.314 e. The zero-order valence-electron chi connectivity index (χ0n) is 16.9. The molecule has 8 heteroatoms. The number of carbonyl (C=O) groups excluding carboxylic acids is 2. The number of phenolic OH excluding ortho intramolecular Hbond substituents is 1. The molecular weight excluding hydrogens is 390 g/mol. The van der Waals surface area contributed by atoms with E-state index in [1.54, 1.807) is 12.1 Å². The Kier molecular flexibility index (Phi) is 4.10. The van der Waals surface area contributed by atoms with Crippen LogP contribution in [0, 0.1) is 0 Å². The number of piperidine rings is 1. The number of ketones is 1. The molecule has 2 heterocycles. The van der Waals surface area contributed by atoms with Gasteiger partial charge in [0.2, 0.25) is 0 Å². The van der Waals surface area contributed by atoms with E-state index >= 15 is 0 Å². The van der Waals surface area contributed by atoms with Crippen molar-refractivity contribution in [3.8, 4) is 11.5 Å². The number of ether oxygens (including phenoxy) is 2. The molecule has 1 aromatic rings. The highest BCUT2D eigenvalue weighted by Gasteiger charge is 2.72. The maximum Gasteiger partial charge on any atom is 0.314 e. The van der Waals surface area contributed by atoms with Gasteiger partial charge in [-0.1, -0.05) is 6.07 Å². The van der Waals surface area contributed by atoms with Gasteiger partial charge < -0.3 is 29.7 Å². The molecule has 2 bridgehead atoms. The van der Waals surface area contributed by atoms with Crippen molar-refractivity contribution in [2.75, 3.05) is 13.6 Å². The maximum absolute atomic E-state index is 12.4. The van der Waals surface area contributed by atoms with Crippen LogP contribution in [0.25, 0.3) is 0 Å². The summed E-state index contributed by atoms with van der Waals surface area (Å²) in [6.45, 7) is 1.93. The normalized spacial score (nSPS) is 34.5. The number of nitrogens with zero attached hydrogens (tertiary/aromatic N) is 1. The first-order valence-electron chi connectivity index (χ1n) is 10.2. The summed E-state index contributed by atoms with van der Waals surface area (Å²) in [6.07, 6.45) is 0.516.